The molecule has 0 aliphatic carbocycles. The summed E-state index contributed by atoms with van der Waals surface area (Å²) in [6.45, 7) is 6.34. The Morgan fingerprint density at radius 2 is 2.12 bits per heavy atom. The van der Waals surface area contributed by atoms with Gasteiger partial charge in [0.25, 0.3) is 5.91 Å². The Bertz CT molecular complexity index is 699. The van der Waals surface area contributed by atoms with Crippen molar-refractivity contribution in [3.63, 3.8) is 0 Å². The van der Waals surface area contributed by atoms with E-state index in [0.717, 1.165) is 36.6 Å². The highest BCUT2D eigenvalue weighted by atomic mass is 16.1. The molecule has 5 nitrogen and oxygen atoms in total. The van der Waals surface area contributed by atoms with Gasteiger partial charge in [-0.05, 0) is 36.8 Å². The number of aromatic nitrogens is 2. The van der Waals surface area contributed by atoms with Crippen LogP contribution >= 0.6 is 0 Å². The summed E-state index contributed by atoms with van der Waals surface area (Å²) in [6, 6.07) is 7.82. The minimum atomic E-state index is -0.220. The Labute approximate surface area is 143 Å². The number of carbonyl (C=O) groups is 1. The highest BCUT2D eigenvalue weighted by Gasteiger charge is 2.18. The second-order valence-corrected chi connectivity index (χ2v) is 6.42. The standard InChI is InChI=1S/C19H24N4O/c1-3-15-8-4-5-9-16(15)22-19(24)17-11-21-18(12-20-17)23-10-6-7-14(2)13-23/h4-5,8-9,11-12,14H,3,6-7,10,13H2,1-2H3,(H,22,24). The lowest BCUT2D eigenvalue weighted by atomic mass is 10.0. The van der Waals surface area contributed by atoms with Crippen molar-refractivity contribution in [2.75, 3.05) is 23.3 Å². The number of para-hydroxylation sites is 1. The fourth-order valence-corrected chi connectivity index (χ4v) is 3.14. The van der Waals surface area contributed by atoms with Crippen molar-refractivity contribution in [1.29, 1.82) is 0 Å². The van der Waals surface area contributed by atoms with Crippen LogP contribution in [0.1, 0.15) is 42.7 Å². The predicted molar refractivity (Wildman–Crippen MR) is 96.4 cm³/mol. The van der Waals surface area contributed by atoms with Gasteiger partial charge in [0.1, 0.15) is 11.5 Å². The summed E-state index contributed by atoms with van der Waals surface area (Å²) in [5, 5.41) is 2.93. The molecule has 24 heavy (non-hydrogen) atoms. The van der Waals surface area contributed by atoms with E-state index in [1.165, 1.54) is 12.8 Å². The number of hydrogen-bond donors (Lipinski definition) is 1. The summed E-state index contributed by atoms with van der Waals surface area (Å²) < 4.78 is 0. The number of hydrogen-bond acceptors (Lipinski definition) is 4. The van der Waals surface area contributed by atoms with Crippen LogP contribution in [-0.2, 0) is 6.42 Å². The maximum Gasteiger partial charge on any atom is 0.275 e. The fraction of sp³-hybridized carbons (Fsp3) is 0.421. The summed E-state index contributed by atoms with van der Waals surface area (Å²) in [7, 11) is 0. The lowest BCUT2D eigenvalue weighted by molar-refractivity contribution is 0.102. The maximum absolute atomic E-state index is 12.4. The van der Waals surface area contributed by atoms with Crippen LogP contribution in [0.3, 0.4) is 0 Å². The topological polar surface area (TPSA) is 58.1 Å². The number of nitrogens with zero attached hydrogens (tertiary/aromatic N) is 3. The number of aryl methyl sites for hydroxylation is 1. The van der Waals surface area contributed by atoms with Gasteiger partial charge in [-0.2, -0.15) is 0 Å². The largest absolute Gasteiger partial charge is 0.355 e. The average molecular weight is 324 g/mol. The van der Waals surface area contributed by atoms with Crippen LogP contribution in [0.15, 0.2) is 36.7 Å². The van der Waals surface area contributed by atoms with Crippen LogP contribution in [0, 0.1) is 5.92 Å². The van der Waals surface area contributed by atoms with Gasteiger partial charge in [-0.15, -0.1) is 0 Å². The Kier molecular flexibility index (Phi) is 5.08. The molecule has 1 saturated heterocycles. The number of amides is 1. The SMILES string of the molecule is CCc1ccccc1NC(=O)c1cnc(N2CCCC(C)C2)cn1. The third-order valence-electron chi connectivity index (χ3n) is 4.50. The molecule has 1 aromatic heterocycles. The van der Waals surface area contributed by atoms with Gasteiger partial charge in [0.15, 0.2) is 0 Å². The molecule has 2 heterocycles. The number of carbonyl (C=O) groups excluding carboxylic acids is 1. The van der Waals surface area contributed by atoms with Gasteiger partial charge < -0.3 is 10.2 Å². The predicted octanol–water partition coefficient (Wildman–Crippen LogP) is 3.53. The number of anilines is 2. The smallest absolute Gasteiger partial charge is 0.275 e. The van der Waals surface area contributed by atoms with Crippen molar-refractivity contribution >= 4 is 17.4 Å². The van der Waals surface area contributed by atoms with Gasteiger partial charge >= 0.3 is 0 Å². The number of benzene rings is 1. The van der Waals surface area contributed by atoms with Crippen LogP contribution in [0.25, 0.3) is 0 Å². The van der Waals surface area contributed by atoms with E-state index in [4.69, 9.17) is 0 Å². The highest BCUT2D eigenvalue weighted by molar-refractivity contribution is 6.03. The molecular weight excluding hydrogens is 300 g/mol. The van der Waals surface area contributed by atoms with Crippen LogP contribution in [0.4, 0.5) is 11.5 Å². The lowest BCUT2D eigenvalue weighted by Crippen LogP contribution is -2.35. The van der Waals surface area contributed by atoms with Crippen LogP contribution in [0.5, 0.6) is 0 Å². The molecule has 1 unspecified atom stereocenters. The molecule has 1 N–H and O–H groups in total. The molecule has 2 aromatic rings. The normalized spacial score (nSPS) is 17.6. The van der Waals surface area contributed by atoms with E-state index in [2.05, 4.69) is 34.0 Å². The van der Waals surface area contributed by atoms with Gasteiger partial charge in [0, 0.05) is 18.8 Å². The monoisotopic (exact) mass is 324 g/mol. The van der Waals surface area contributed by atoms with Gasteiger partial charge in [0.2, 0.25) is 0 Å². The molecule has 126 valence electrons. The van der Waals surface area contributed by atoms with Crippen LogP contribution in [-0.4, -0.2) is 29.0 Å². The highest BCUT2D eigenvalue weighted by Crippen LogP contribution is 2.21. The minimum absolute atomic E-state index is 0.220. The third-order valence-corrected chi connectivity index (χ3v) is 4.50. The average Bonchev–Trinajstić information content (AvgIpc) is 2.62. The molecule has 1 aromatic carbocycles. The lowest BCUT2D eigenvalue weighted by Gasteiger charge is -2.31. The number of piperidine rings is 1. The molecule has 5 heteroatoms. The first kappa shape index (κ1) is 16.4. The summed E-state index contributed by atoms with van der Waals surface area (Å²) in [4.78, 5) is 23.4. The summed E-state index contributed by atoms with van der Waals surface area (Å²) in [6.07, 6.45) is 6.59. The molecule has 0 radical (unpaired) electrons. The number of nitrogens with one attached hydrogen (secondary N) is 1. The molecule has 0 saturated carbocycles. The van der Waals surface area contributed by atoms with Crippen molar-refractivity contribution in [3.8, 4) is 0 Å². The Morgan fingerprint density at radius 1 is 1.29 bits per heavy atom. The van der Waals surface area contributed by atoms with E-state index in [-0.39, 0.29) is 5.91 Å². The van der Waals surface area contributed by atoms with Gasteiger partial charge in [0.05, 0.1) is 12.4 Å². The van der Waals surface area contributed by atoms with Crippen LogP contribution in [0.2, 0.25) is 0 Å². The van der Waals surface area contributed by atoms with Gasteiger partial charge in [-0.1, -0.05) is 32.0 Å². The van der Waals surface area contributed by atoms with Crippen molar-refractivity contribution in [1.82, 2.24) is 9.97 Å². The second kappa shape index (κ2) is 7.43. The van der Waals surface area contributed by atoms with E-state index in [1.54, 1.807) is 12.4 Å². The quantitative estimate of drug-likeness (QED) is 0.935. The molecule has 1 amide bonds. The van der Waals surface area contributed by atoms with Crippen molar-refractivity contribution < 1.29 is 4.79 Å². The third kappa shape index (κ3) is 3.72. The fourth-order valence-electron chi connectivity index (χ4n) is 3.14. The van der Waals surface area contributed by atoms with Crippen molar-refractivity contribution in [2.45, 2.75) is 33.1 Å². The molecule has 1 aliphatic heterocycles. The zero-order valence-electron chi connectivity index (χ0n) is 14.3. The van der Waals surface area contributed by atoms with Gasteiger partial charge in [-0.3, -0.25) is 4.79 Å². The van der Waals surface area contributed by atoms with Gasteiger partial charge in [-0.25, -0.2) is 9.97 Å². The minimum Gasteiger partial charge on any atom is -0.355 e. The summed E-state index contributed by atoms with van der Waals surface area (Å²) >= 11 is 0. The van der Waals surface area contributed by atoms with E-state index >= 15 is 0 Å². The molecule has 1 fully saturated rings. The Hall–Kier alpha value is -2.43. The second-order valence-electron chi connectivity index (χ2n) is 6.42. The molecule has 0 spiro atoms. The summed E-state index contributed by atoms with van der Waals surface area (Å²) in [5.41, 5.74) is 2.29. The van der Waals surface area contributed by atoms with E-state index in [9.17, 15) is 4.79 Å². The molecule has 3 rings (SSSR count). The first-order chi connectivity index (χ1) is 11.7. The zero-order chi connectivity index (χ0) is 16.9. The first-order valence-corrected chi connectivity index (χ1v) is 8.63. The van der Waals surface area contributed by atoms with Crippen LogP contribution < -0.4 is 10.2 Å². The molecular formula is C19H24N4O. The Balaban J connectivity index is 1.70. The number of rotatable bonds is 4. The summed E-state index contributed by atoms with van der Waals surface area (Å²) in [5.74, 6) is 1.31. The molecule has 0 bridgehead atoms. The molecule has 1 atom stereocenters. The zero-order valence-corrected chi connectivity index (χ0v) is 14.3. The van der Waals surface area contributed by atoms with Crippen molar-refractivity contribution in [2.24, 2.45) is 5.92 Å². The maximum atomic E-state index is 12.4. The van der Waals surface area contributed by atoms with E-state index in [1.807, 2.05) is 24.3 Å². The van der Waals surface area contributed by atoms with Crippen molar-refractivity contribution in [3.05, 3.63) is 47.9 Å². The molecule has 1 aliphatic rings. The van der Waals surface area contributed by atoms with E-state index < -0.39 is 0 Å². The van der Waals surface area contributed by atoms with E-state index in [0.29, 0.717) is 11.6 Å². The first-order valence-electron chi connectivity index (χ1n) is 8.63. The Morgan fingerprint density at radius 3 is 2.83 bits per heavy atom.